The number of nitrogens with one attached hydrogen (secondary N) is 1. The average Bonchev–Trinajstić information content (AvgIpc) is 2.80. The lowest BCUT2D eigenvalue weighted by molar-refractivity contribution is 0.184. The molecule has 3 unspecified atom stereocenters. The van der Waals surface area contributed by atoms with E-state index >= 15 is 0 Å². The van der Waals surface area contributed by atoms with Gasteiger partial charge >= 0.3 is 0 Å². The average molecular weight is 279 g/mol. The molecule has 1 aliphatic carbocycles. The SMILES string of the molecule is CNCC1CCC(C(C)C)CC1c1c(OC)cnn1C. The first kappa shape index (κ1) is 15.4. The van der Waals surface area contributed by atoms with Gasteiger partial charge in [-0.25, -0.2) is 0 Å². The van der Waals surface area contributed by atoms with Gasteiger partial charge < -0.3 is 10.1 Å². The first-order chi connectivity index (χ1) is 9.58. The van der Waals surface area contributed by atoms with E-state index in [4.69, 9.17) is 4.74 Å². The second kappa shape index (κ2) is 6.61. The van der Waals surface area contributed by atoms with Gasteiger partial charge in [-0.2, -0.15) is 5.10 Å². The fraction of sp³-hybridized carbons (Fsp3) is 0.812. The molecule has 4 nitrogen and oxygen atoms in total. The summed E-state index contributed by atoms with van der Waals surface area (Å²) in [5.41, 5.74) is 1.28. The Hall–Kier alpha value is -1.03. The van der Waals surface area contributed by atoms with Crippen molar-refractivity contribution in [2.75, 3.05) is 20.7 Å². The maximum absolute atomic E-state index is 5.54. The molecule has 0 aliphatic heterocycles. The summed E-state index contributed by atoms with van der Waals surface area (Å²) in [6, 6.07) is 0. The highest BCUT2D eigenvalue weighted by molar-refractivity contribution is 5.29. The fourth-order valence-electron chi connectivity index (χ4n) is 3.72. The summed E-state index contributed by atoms with van der Waals surface area (Å²) >= 11 is 0. The zero-order valence-corrected chi connectivity index (χ0v) is 13.5. The molecule has 1 N–H and O–H groups in total. The Bertz CT molecular complexity index is 427. The Morgan fingerprint density at radius 2 is 2.20 bits per heavy atom. The highest BCUT2D eigenvalue weighted by atomic mass is 16.5. The lowest BCUT2D eigenvalue weighted by Crippen LogP contribution is -2.33. The summed E-state index contributed by atoms with van der Waals surface area (Å²) in [6.07, 6.45) is 5.74. The minimum absolute atomic E-state index is 0.547. The minimum atomic E-state index is 0.547. The first-order valence-corrected chi connectivity index (χ1v) is 7.78. The first-order valence-electron chi connectivity index (χ1n) is 7.78. The van der Waals surface area contributed by atoms with Crippen molar-refractivity contribution in [3.05, 3.63) is 11.9 Å². The van der Waals surface area contributed by atoms with Crippen molar-refractivity contribution in [1.82, 2.24) is 15.1 Å². The molecule has 1 heterocycles. The third-order valence-corrected chi connectivity index (χ3v) is 4.96. The van der Waals surface area contributed by atoms with E-state index in [9.17, 15) is 0 Å². The number of aryl methyl sites for hydroxylation is 1. The molecular formula is C16H29N3O. The van der Waals surface area contributed by atoms with Crippen LogP contribution in [-0.4, -0.2) is 30.5 Å². The van der Waals surface area contributed by atoms with Crippen LogP contribution in [-0.2, 0) is 7.05 Å². The molecule has 0 bridgehead atoms. The molecule has 1 aromatic rings. The van der Waals surface area contributed by atoms with Crippen molar-refractivity contribution >= 4 is 0 Å². The van der Waals surface area contributed by atoms with Crippen LogP contribution < -0.4 is 10.1 Å². The highest BCUT2D eigenvalue weighted by Crippen LogP contribution is 2.45. The van der Waals surface area contributed by atoms with Crippen LogP contribution in [0.15, 0.2) is 6.20 Å². The highest BCUT2D eigenvalue weighted by Gasteiger charge is 2.35. The fourth-order valence-corrected chi connectivity index (χ4v) is 3.72. The smallest absolute Gasteiger partial charge is 0.160 e. The van der Waals surface area contributed by atoms with Crippen LogP contribution in [0.3, 0.4) is 0 Å². The molecule has 0 aromatic carbocycles. The lowest BCUT2D eigenvalue weighted by atomic mass is 9.69. The Kier molecular flexibility index (Phi) is 5.08. The van der Waals surface area contributed by atoms with E-state index in [-0.39, 0.29) is 0 Å². The van der Waals surface area contributed by atoms with Crippen molar-refractivity contribution in [3.8, 4) is 5.75 Å². The van der Waals surface area contributed by atoms with E-state index in [2.05, 4.69) is 24.3 Å². The number of ether oxygens (including phenoxy) is 1. The molecule has 0 amide bonds. The molecule has 1 aliphatic rings. The number of hydrogen-bond acceptors (Lipinski definition) is 3. The Morgan fingerprint density at radius 3 is 2.80 bits per heavy atom. The molecule has 0 radical (unpaired) electrons. The minimum Gasteiger partial charge on any atom is -0.493 e. The second-order valence-corrected chi connectivity index (χ2v) is 6.46. The molecule has 114 valence electrons. The van der Waals surface area contributed by atoms with E-state index < -0.39 is 0 Å². The lowest BCUT2D eigenvalue weighted by Gasteiger charge is -2.38. The van der Waals surface area contributed by atoms with Crippen molar-refractivity contribution in [1.29, 1.82) is 0 Å². The molecule has 1 saturated carbocycles. The van der Waals surface area contributed by atoms with Gasteiger partial charge in [-0.3, -0.25) is 4.68 Å². The van der Waals surface area contributed by atoms with Crippen molar-refractivity contribution < 1.29 is 4.74 Å². The van der Waals surface area contributed by atoms with E-state index in [1.807, 2.05) is 25.0 Å². The number of hydrogen-bond donors (Lipinski definition) is 1. The Labute approximate surface area is 122 Å². The molecule has 3 atom stereocenters. The van der Waals surface area contributed by atoms with E-state index in [0.717, 1.165) is 24.1 Å². The summed E-state index contributed by atoms with van der Waals surface area (Å²) in [4.78, 5) is 0. The van der Waals surface area contributed by atoms with Crippen LogP contribution in [0.2, 0.25) is 0 Å². The molecule has 1 aromatic heterocycles. The summed E-state index contributed by atoms with van der Waals surface area (Å²) in [5.74, 6) is 3.74. The van der Waals surface area contributed by atoms with Crippen LogP contribution in [0.4, 0.5) is 0 Å². The quantitative estimate of drug-likeness (QED) is 0.901. The third kappa shape index (κ3) is 3.00. The largest absolute Gasteiger partial charge is 0.493 e. The number of nitrogens with zero attached hydrogens (tertiary/aromatic N) is 2. The number of rotatable bonds is 5. The van der Waals surface area contributed by atoms with Gasteiger partial charge in [0.15, 0.2) is 5.75 Å². The van der Waals surface area contributed by atoms with Crippen LogP contribution in [0.25, 0.3) is 0 Å². The van der Waals surface area contributed by atoms with E-state index in [1.54, 1.807) is 7.11 Å². The topological polar surface area (TPSA) is 39.1 Å². The van der Waals surface area contributed by atoms with Crippen molar-refractivity contribution in [3.63, 3.8) is 0 Å². The zero-order valence-electron chi connectivity index (χ0n) is 13.5. The van der Waals surface area contributed by atoms with E-state index in [1.165, 1.54) is 25.0 Å². The summed E-state index contributed by atoms with van der Waals surface area (Å²) in [7, 11) is 5.83. The summed E-state index contributed by atoms with van der Waals surface area (Å²) < 4.78 is 7.55. The third-order valence-electron chi connectivity index (χ3n) is 4.96. The monoisotopic (exact) mass is 279 g/mol. The van der Waals surface area contributed by atoms with E-state index in [0.29, 0.717) is 11.8 Å². The van der Waals surface area contributed by atoms with Crippen LogP contribution in [0, 0.1) is 17.8 Å². The molecule has 20 heavy (non-hydrogen) atoms. The number of aromatic nitrogens is 2. The summed E-state index contributed by atoms with van der Waals surface area (Å²) in [5, 5.41) is 7.76. The summed E-state index contributed by atoms with van der Waals surface area (Å²) in [6.45, 7) is 5.77. The Balaban J connectivity index is 2.28. The predicted octanol–water partition coefficient (Wildman–Crippen LogP) is 2.80. The van der Waals surface area contributed by atoms with Crippen LogP contribution >= 0.6 is 0 Å². The maximum Gasteiger partial charge on any atom is 0.160 e. The van der Waals surface area contributed by atoms with Gasteiger partial charge in [0.2, 0.25) is 0 Å². The molecule has 1 fully saturated rings. The van der Waals surface area contributed by atoms with Crippen molar-refractivity contribution in [2.24, 2.45) is 24.8 Å². The molecule has 4 heteroatoms. The van der Waals surface area contributed by atoms with Gasteiger partial charge in [-0.1, -0.05) is 13.8 Å². The molecule has 2 rings (SSSR count). The molecule has 0 saturated heterocycles. The van der Waals surface area contributed by atoms with Crippen LogP contribution in [0.1, 0.15) is 44.7 Å². The molecular weight excluding hydrogens is 250 g/mol. The molecule has 0 spiro atoms. The standard InChI is InChI=1S/C16H29N3O/c1-11(2)12-6-7-13(9-17-3)14(8-12)16-15(20-5)10-18-19(16)4/h10-14,17H,6-9H2,1-5H3. The van der Waals surface area contributed by atoms with Gasteiger partial charge in [-0.15, -0.1) is 0 Å². The zero-order chi connectivity index (χ0) is 14.7. The van der Waals surface area contributed by atoms with Crippen molar-refractivity contribution in [2.45, 2.75) is 39.0 Å². The normalized spacial score (nSPS) is 27.0. The number of methoxy groups -OCH3 is 1. The van der Waals surface area contributed by atoms with Gasteiger partial charge in [-0.05, 0) is 50.6 Å². The van der Waals surface area contributed by atoms with Gasteiger partial charge in [0.25, 0.3) is 0 Å². The maximum atomic E-state index is 5.54. The predicted molar refractivity (Wildman–Crippen MR) is 82.1 cm³/mol. The Morgan fingerprint density at radius 1 is 1.45 bits per heavy atom. The van der Waals surface area contributed by atoms with Gasteiger partial charge in [0.1, 0.15) is 0 Å². The van der Waals surface area contributed by atoms with Gasteiger partial charge in [0, 0.05) is 13.0 Å². The van der Waals surface area contributed by atoms with Gasteiger partial charge in [0.05, 0.1) is 19.0 Å². The van der Waals surface area contributed by atoms with Crippen LogP contribution in [0.5, 0.6) is 5.75 Å². The second-order valence-electron chi connectivity index (χ2n) is 6.46.